The van der Waals surface area contributed by atoms with Crippen molar-refractivity contribution >= 4 is 28.7 Å². The van der Waals surface area contributed by atoms with Crippen LogP contribution in [0.1, 0.15) is 19.4 Å². The fourth-order valence-corrected chi connectivity index (χ4v) is 3.45. The third kappa shape index (κ3) is 3.99. The number of nitrogens with zero attached hydrogens (tertiary/aromatic N) is 5. The molecule has 0 bridgehead atoms. The van der Waals surface area contributed by atoms with Gasteiger partial charge in [-0.2, -0.15) is 5.10 Å². The molecule has 6 nitrogen and oxygen atoms in total. The highest BCUT2D eigenvalue weighted by Crippen LogP contribution is 2.24. The van der Waals surface area contributed by atoms with Gasteiger partial charge in [-0.25, -0.2) is 9.97 Å². The first-order valence-corrected chi connectivity index (χ1v) is 9.13. The van der Waals surface area contributed by atoms with Crippen LogP contribution in [0.15, 0.2) is 47.9 Å². The molecule has 7 heteroatoms. The zero-order valence-electron chi connectivity index (χ0n) is 14.6. The maximum Gasteiger partial charge on any atom is 0.233 e. The van der Waals surface area contributed by atoms with Crippen molar-refractivity contribution in [2.45, 2.75) is 31.5 Å². The summed E-state index contributed by atoms with van der Waals surface area (Å²) in [6.07, 6.45) is 3.26. The van der Waals surface area contributed by atoms with Crippen molar-refractivity contribution in [3.8, 4) is 0 Å². The van der Waals surface area contributed by atoms with Crippen LogP contribution in [0.25, 0.3) is 11.0 Å². The van der Waals surface area contributed by atoms with E-state index in [1.807, 2.05) is 56.1 Å². The lowest BCUT2D eigenvalue weighted by Gasteiger charge is -2.26. The Morgan fingerprint density at radius 3 is 2.72 bits per heavy atom. The van der Waals surface area contributed by atoms with Gasteiger partial charge in [-0.1, -0.05) is 42.1 Å². The van der Waals surface area contributed by atoms with Crippen LogP contribution in [-0.4, -0.2) is 42.4 Å². The third-order valence-electron chi connectivity index (χ3n) is 3.96. The molecule has 0 aliphatic carbocycles. The van der Waals surface area contributed by atoms with Crippen LogP contribution in [0, 0.1) is 0 Å². The number of carbonyl (C=O) groups excluding carboxylic acids is 1. The van der Waals surface area contributed by atoms with Gasteiger partial charge in [0.1, 0.15) is 11.4 Å². The summed E-state index contributed by atoms with van der Waals surface area (Å²) in [5.41, 5.74) is 1.90. The molecule has 0 aliphatic heterocycles. The Balaban J connectivity index is 1.71. The summed E-state index contributed by atoms with van der Waals surface area (Å²) in [7, 11) is 1.84. The highest BCUT2D eigenvalue weighted by Gasteiger charge is 2.18. The first-order chi connectivity index (χ1) is 12.1. The van der Waals surface area contributed by atoms with E-state index in [0.717, 1.165) is 21.6 Å². The highest BCUT2D eigenvalue weighted by atomic mass is 32.2. The summed E-state index contributed by atoms with van der Waals surface area (Å²) >= 11 is 1.43. The lowest BCUT2D eigenvalue weighted by molar-refractivity contribution is -0.130. The number of benzene rings is 1. The van der Waals surface area contributed by atoms with Gasteiger partial charge in [0.05, 0.1) is 17.3 Å². The summed E-state index contributed by atoms with van der Waals surface area (Å²) in [5, 5.41) is 5.87. The Labute approximate surface area is 151 Å². The van der Waals surface area contributed by atoms with Gasteiger partial charge < -0.3 is 4.90 Å². The van der Waals surface area contributed by atoms with E-state index < -0.39 is 0 Å². The molecular formula is C18H21N5OS. The summed E-state index contributed by atoms with van der Waals surface area (Å²) in [6.45, 7) is 4.69. The predicted molar refractivity (Wildman–Crippen MR) is 99.2 cm³/mol. The van der Waals surface area contributed by atoms with E-state index in [2.05, 4.69) is 15.1 Å². The predicted octanol–water partition coefficient (Wildman–Crippen LogP) is 2.89. The molecule has 0 unspecified atom stereocenters. The van der Waals surface area contributed by atoms with Crippen molar-refractivity contribution in [2.24, 2.45) is 7.05 Å². The quantitative estimate of drug-likeness (QED) is 0.502. The maximum absolute atomic E-state index is 12.7. The number of hydrogen-bond donors (Lipinski definition) is 0. The summed E-state index contributed by atoms with van der Waals surface area (Å²) in [5.74, 6) is 0.436. The molecule has 0 saturated carbocycles. The van der Waals surface area contributed by atoms with Crippen LogP contribution in [-0.2, 0) is 18.4 Å². The fourth-order valence-electron chi connectivity index (χ4n) is 2.61. The number of fused-ring (bicyclic) bond motifs is 1. The largest absolute Gasteiger partial charge is 0.335 e. The minimum atomic E-state index is 0.0968. The van der Waals surface area contributed by atoms with Crippen LogP contribution in [0.4, 0.5) is 0 Å². The minimum absolute atomic E-state index is 0.0968. The van der Waals surface area contributed by atoms with E-state index in [1.165, 1.54) is 18.1 Å². The highest BCUT2D eigenvalue weighted by molar-refractivity contribution is 8.00. The standard InChI is InChI=1S/C18H21N5OS/c1-13(2)23(10-14-7-5-4-6-8-14)16(24)11-25-18-15-9-21-22(3)17(15)19-12-20-18/h4-9,12-13H,10-11H2,1-3H3. The van der Waals surface area contributed by atoms with Gasteiger partial charge in [-0.05, 0) is 19.4 Å². The molecule has 0 saturated heterocycles. The molecule has 0 atom stereocenters. The monoisotopic (exact) mass is 355 g/mol. The van der Waals surface area contributed by atoms with E-state index in [0.29, 0.717) is 12.3 Å². The molecule has 0 aliphatic rings. The van der Waals surface area contributed by atoms with Gasteiger partial charge in [0.2, 0.25) is 5.91 Å². The summed E-state index contributed by atoms with van der Waals surface area (Å²) in [4.78, 5) is 23.2. The van der Waals surface area contributed by atoms with E-state index in [9.17, 15) is 4.79 Å². The third-order valence-corrected chi connectivity index (χ3v) is 4.95. The maximum atomic E-state index is 12.7. The second kappa shape index (κ2) is 7.65. The van der Waals surface area contributed by atoms with Crippen LogP contribution in [0.3, 0.4) is 0 Å². The number of hydrogen-bond acceptors (Lipinski definition) is 5. The van der Waals surface area contributed by atoms with Crippen molar-refractivity contribution in [1.29, 1.82) is 0 Å². The van der Waals surface area contributed by atoms with Crippen molar-refractivity contribution in [3.63, 3.8) is 0 Å². The lowest BCUT2D eigenvalue weighted by Crippen LogP contribution is -2.37. The van der Waals surface area contributed by atoms with Crippen molar-refractivity contribution < 1.29 is 4.79 Å². The smallest absolute Gasteiger partial charge is 0.233 e. The topological polar surface area (TPSA) is 63.9 Å². The van der Waals surface area contributed by atoms with Gasteiger partial charge >= 0.3 is 0 Å². The molecule has 0 spiro atoms. The Hall–Kier alpha value is -2.41. The Morgan fingerprint density at radius 2 is 2.00 bits per heavy atom. The van der Waals surface area contributed by atoms with Crippen molar-refractivity contribution in [3.05, 3.63) is 48.4 Å². The fraction of sp³-hybridized carbons (Fsp3) is 0.333. The average Bonchev–Trinajstić information content (AvgIpc) is 3.00. The molecule has 1 aromatic carbocycles. The van der Waals surface area contributed by atoms with Crippen LogP contribution in [0.5, 0.6) is 0 Å². The Kier molecular flexibility index (Phi) is 5.33. The molecule has 3 aromatic rings. The van der Waals surface area contributed by atoms with Gasteiger partial charge in [-0.15, -0.1) is 0 Å². The average molecular weight is 355 g/mol. The van der Waals surface area contributed by atoms with Crippen molar-refractivity contribution in [1.82, 2.24) is 24.6 Å². The molecule has 2 heterocycles. The van der Waals surface area contributed by atoms with Crippen LogP contribution < -0.4 is 0 Å². The summed E-state index contributed by atoms with van der Waals surface area (Å²) < 4.78 is 1.71. The second-order valence-electron chi connectivity index (χ2n) is 6.07. The van der Waals surface area contributed by atoms with Crippen LogP contribution >= 0.6 is 11.8 Å². The van der Waals surface area contributed by atoms with Gasteiger partial charge in [-0.3, -0.25) is 9.48 Å². The Morgan fingerprint density at radius 1 is 1.24 bits per heavy atom. The first-order valence-electron chi connectivity index (χ1n) is 8.15. The lowest BCUT2D eigenvalue weighted by atomic mass is 10.2. The number of aryl methyl sites for hydroxylation is 1. The normalized spacial score (nSPS) is 11.2. The molecule has 0 radical (unpaired) electrons. The van der Waals surface area contributed by atoms with Crippen molar-refractivity contribution in [2.75, 3.05) is 5.75 Å². The van der Waals surface area contributed by atoms with E-state index in [-0.39, 0.29) is 11.9 Å². The molecule has 0 N–H and O–H groups in total. The minimum Gasteiger partial charge on any atom is -0.335 e. The van der Waals surface area contributed by atoms with Gasteiger partial charge in [0, 0.05) is 19.6 Å². The second-order valence-corrected chi connectivity index (χ2v) is 7.04. The molecule has 0 fully saturated rings. The molecular weight excluding hydrogens is 334 g/mol. The number of aromatic nitrogens is 4. The molecule has 3 rings (SSSR count). The molecule has 2 aromatic heterocycles. The summed E-state index contributed by atoms with van der Waals surface area (Å²) in [6, 6.07) is 10.2. The molecule has 1 amide bonds. The number of carbonyl (C=O) groups is 1. The van der Waals surface area contributed by atoms with Gasteiger partial charge in [0.15, 0.2) is 5.65 Å². The number of thioether (sulfide) groups is 1. The van der Waals surface area contributed by atoms with E-state index in [1.54, 1.807) is 10.9 Å². The number of rotatable bonds is 6. The SMILES string of the molecule is CC(C)N(Cc1ccccc1)C(=O)CSc1ncnc2c1cnn2C. The van der Waals surface area contributed by atoms with Crippen LogP contribution in [0.2, 0.25) is 0 Å². The van der Waals surface area contributed by atoms with E-state index in [4.69, 9.17) is 0 Å². The number of amides is 1. The molecule has 130 valence electrons. The Bertz CT molecular complexity index is 862. The van der Waals surface area contributed by atoms with Gasteiger partial charge in [0.25, 0.3) is 0 Å². The zero-order valence-corrected chi connectivity index (χ0v) is 15.4. The van der Waals surface area contributed by atoms with E-state index >= 15 is 0 Å². The zero-order chi connectivity index (χ0) is 17.8. The molecule has 25 heavy (non-hydrogen) atoms. The first kappa shape index (κ1) is 17.4.